The van der Waals surface area contributed by atoms with Gasteiger partial charge in [-0.25, -0.2) is 0 Å². The summed E-state index contributed by atoms with van der Waals surface area (Å²) in [5.41, 5.74) is 1.48. The second-order valence-corrected chi connectivity index (χ2v) is 5.74. The molecule has 0 spiro atoms. The minimum Gasteiger partial charge on any atom is -0.486 e. The van der Waals surface area contributed by atoms with Crippen LogP contribution in [0.15, 0.2) is 18.2 Å². The third-order valence-corrected chi connectivity index (χ3v) is 4.00. The molecular formula is C16H25NO2. The Bertz CT molecular complexity index is 429. The van der Waals surface area contributed by atoms with E-state index in [4.69, 9.17) is 9.47 Å². The summed E-state index contributed by atoms with van der Waals surface area (Å²) in [5.74, 6) is 1.73. The third-order valence-electron chi connectivity index (χ3n) is 4.00. The van der Waals surface area contributed by atoms with Crippen molar-refractivity contribution in [3.63, 3.8) is 0 Å². The largest absolute Gasteiger partial charge is 0.486 e. The van der Waals surface area contributed by atoms with Crippen LogP contribution in [0.2, 0.25) is 0 Å². The number of rotatable bonds is 5. The Balaban J connectivity index is 2.31. The second kappa shape index (κ2) is 5.83. The van der Waals surface area contributed by atoms with Crippen LogP contribution in [0.4, 0.5) is 0 Å². The van der Waals surface area contributed by atoms with Crippen molar-refractivity contribution in [2.45, 2.75) is 40.2 Å². The van der Waals surface area contributed by atoms with Crippen LogP contribution in [-0.2, 0) is 0 Å². The SMILES string of the molecule is CCNC(c1ccc2c(c1)OCCO2)C(C)(C)CC. The van der Waals surface area contributed by atoms with Gasteiger partial charge in [0.05, 0.1) is 0 Å². The van der Waals surface area contributed by atoms with E-state index in [0.717, 1.165) is 24.5 Å². The monoisotopic (exact) mass is 263 g/mol. The molecule has 0 amide bonds. The third kappa shape index (κ3) is 3.03. The summed E-state index contributed by atoms with van der Waals surface area (Å²) in [5, 5.41) is 3.60. The van der Waals surface area contributed by atoms with Crippen molar-refractivity contribution in [2.75, 3.05) is 19.8 Å². The highest BCUT2D eigenvalue weighted by molar-refractivity contribution is 5.45. The molecule has 0 radical (unpaired) electrons. The summed E-state index contributed by atoms with van der Waals surface area (Å²) in [7, 11) is 0. The molecule has 0 saturated carbocycles. The molecule has 19 heavy (non-hydrogen) atoms. The van der Waals surface area contributed by atoms with Crippen LogP contribution >= 0.6 is 0 Å². The van der Waals surface area contributed by atoms with Crippen LogP contribution in [-0.4, -0.2) is 19.8 Å². The molecule has 0 saturated heterocycles. The van der Waals surface area contributed by atoms with Gasteiger partial charge in [0.25, 0.3) is 0 Å². The predicted octanol–water partition coefficient (Wildman–Crippen LogP) is 3.54. The standard InChI is InChI=1S/C16H25NO2/c1-5-16(3,4)15(17-6-2)12-7-8-13-14(11-12)19-10-9-18-13/h7-8,11,15,17H,5-6,9-10H2,1-4H3. The van der Waals surface area contributed by atoms with Gasteiger partial charge in [-0.3, -0.25) is 0 Å². The summed E-state index contributed by atoms with van der Waals surface area (Å²) < 4.78 is 11.3. The van der Waals surface area contributed by atoms with Gasteiger partial charge in [0.1, 0.15) is 13.2 Å². The highest BCUT2D eigenvalue weighted by Crippen LogP contribution is 2.40. The first-order chi connectivity index (χ1) is 9.08. The molecule has 1 aromatic rings. The number of benzene rings is 1. The van der Waals surface area contributed by atoms with E-state index in [-0.39, 0.29) is 5.41 Å². The van der Waals surface area contributed by atoms with Crippen molar-refractivity contribution in [3.8, 4) is 11.5 Å². The molecule has 3 nitrogen and oxygen atoms in total. The molecule has 1 aliphatic rings. The van der Waals surface area contributed by atoms with Gasteiger partial charge < -0.3 is 14.8 Å². The lowest BCUT2D eigenvalue weighted by Gasteiger charge is -2.35. The fourth-order valence-electron chi connectivity index (χ4n) is 2.49. The van der Waals surface area contributed by atoms with E-state index < -0.39 is 0 Å². The molecule has 2 rings (SSSR count). The van der Waals surface area contributed by atoms with Gasteiger partial charge in [-0.05, 0) is 36.1 Å². The molecule has 3 heteroatoms. The van der Waals surface area contributed by atoms with Crippen molar-refractivity contribution in [2.24, 2.45) is 5.41 Å². The van der Waals surface area contributed by atoms with Crippen LogP contribution in [0.3, 0.4) is 0 Å². The molecule has 1 unspecified atom stereocenters. The van der Waals surface area contributed by atoms with E-state index in [9.17, 15) is 0 Å². The highest BCUT2D eigenvalue weighted by Gasteiger charge is 2.29. The molecule has 1 N–H and O–H groups in total. The fraction of sp³-hybridized carbons (Fsp3) is 0.625. The molecule has 1 atom stereocenters. The average Bonchev–Trinajstić information content (AvgIpc) is 2.44. The maximum atomic E-state index is 5.69. The lowest BCUT2D eigenvalue weighted by molar-refractivity contribution is 0.170. The highest BCUT2D eigenvalue weighted by atomic mass is 16.6. The Morgan fingerprint density at radius 3 is 2.47 bits per heavy atom. The Morgan fingerprint density at radius 1 is 1.16 bits per heavy atom. The first-order valence-corrected chi connectivity index (χ1v) is 7.21. The molecule has 106 valence electrons. The maximum absolute atomic E-state index is 5.69. The number of fused-ring (bicyclic) bond motifs is 1. The van der Waals surface area contributed by atoms with Crippen molar-refractivity contribution in [1.82, 2.24) is 5.32 Å². The summed E-state index contributed by atoms with van der Waals surface area (Å²) in [6.45, 7) is 11.2. The molecule has 0 aliphatic carbocycles. The van der Waals surface area contributed by atoms with Crippen LogP contribution in [0, 0.1) is 5.41 Å². The Hall–Kier alpha value is -1.22. The number of ether oxygens (including phenoxy) is 2. The molecule has 0 fully saturated rings. The van der Waals surface area contributed by atoms with E-state index >= 15 is 0 Å². The summed E-state index contributed by atoms with van der Waals surface area (Å²) in [6, 6.07) is 6.63. The fourth-order valence-corrected chi connectivity index (χ4v) is 2.49. The van der Waals surface area contributed by atoms with Crippen LogP contribution < -0.4 is 14.8 Å². The molecule has 1 aliphatic heterocycles. The summed E-state index contributed by atoms with van der Waals surface area (Å²) >= 11 is 0. The van der Waals surface area contributed by atoms with Gasteiger partial charge in [-0.2, -0.15) is 0 Å². The number of hydrogen-bond donors (Lipinski definition) is 1. The van der Waals surface area contributed by atoms with Crippen molar-refractivity contribution in [1.29, 1.82) is 0 Å². The van der Waals surface area contributed by atoms with Gasteiger partial charge in [0.15, 0.2) is 11.5 Å². The zero-order chi connectivity index (χ0) is 13.9. The van der Waals surface area contributed by atoms with E-state index in [1.54, 1.807) is 0 Å². The smallest absolute Gasteiger partial charge is 0.161 e. The quantitative estimate of drug-likeness (QED) is 0.881. The number of nitrogens with one attached hydrogen (secondary N) is 1. The molecular weight excluding hydrogens is 238 g/mol. The Kier molecular flexibility index (Phi) is 4.35. The summed E-state index contributed by atoms with van der Waals surface area (Å²) in [4.78, 5) is 0. The van der Waals surface area contributed by atoms with Gasteiger partial charge in [-0.15, -0.1) is 0 Å². The Morgan fingerprint density at radius 2 is 1.84 bits per heavy atom. The lowest BCUT2D eigenvalue weighted by Crippen LogP contribution is -2.34. The van der Waals surface area contributed by atoms with Crippen molar-refractivity contribution in [3.05, 3.63) is 23.8 Å². The molecule has 0 bridgehead atoms. The summed E-state index contributed by atoms with van der Waals surface area (Å²) in [6.07, 6.45) is 1.12. The van der Waals surface area contributed by atoms with Gasteiger partial charge >= 0.3 is 0 Å². The minimum absolute atomic E-state index is 0.208. The van der Waals surface area contributed by atoms with E-state index in [0.29, 0.717) is 19.3 Å². The van der Waals surface area contributed by atoms with Crippen molar-refractivity contribution < 1.29 is 9.47 Å². The zero-order valence-electron chi connectivity index (χ0n) is 12.5. The van der Waals surface area contributed by atoms with Crippen molar-refractivity contribution >= 4 is 0 Å². The second-order valence-electron chi connectivity index (χ2n) is 5.74. The maximum Gasteiger partial charge on any atom is 0.161 e. The van der Waals surface area contributed by atoms with Gasteiger partial charge in [0.2, 0.25) is 0 Å². The normalized spacial score (nSPS) is 16.2. The molecule has 1 aromatic carbocycles. The van der Waals surface area contributed by atoms with Crippen LogP contribution in [0.5, 0.6) is 11.5 Å². The predicted molar refractivity (Wildman–Crippen MR) is 77.9 cm³/mol. The molecule has 0 aromatic heterocycles. The van der Waals surface area contributed by atoms with E-state index in [1.165, 1.54) is 5.56 Å². The van der Waals surface area contributed by atoms with Crippen LogP contribution in [0.1, 0.15) is 45.7 Å². The zero-order valence-corrected chi connectivity index (χ0v) is 12.5. The van der Waals surface area contributed by atoms with Gasteiger partial charge in [0, 0.05) is 6.04 Å². The molecule has 1 heterocycles. The van der Waals surface area contributed by atoms with E-state index in [1.807, 2.05) is 6.07 Å². The van der Waals surface area contributed by atoms with E-state index in [2.05, 4.69) is 45.1 Å². The van der Waals surface area contributed by atoms with Crippen LogP contribution in [0.25, 0.3) is 0 Å². The Labute approximate surface area is 116 Å². The average molecular weight is 263 g/mol. The lowest BCUT2D eigenvalue weighted by atomic mass is 9.78. The number of hydrogen-bond acceptors (Lipinski definition) is 3. The topological polar surface area (TPSA) is 30.5 Å². The minimum atomic E-state index is 0.208. The first-order valence-electron chi connectivity index (χ1n) is 7.21. The van der Waals surface area contributed by atoms with Gasteiger partial charge in [-0.1, -0.05) is 33.8 Å². The first kappa shape index (κ1) is 14.2.